The summed E-state index contributed by atoms with van der Waals surface area (Å²) in [6, 6.07) is 6.99. The normalized spacial score (nSPS) is 24.7. The number of aliphatic hydroxyl groups is 1. The minimum atomic E-state index is -3.21. The molecule has 1 saturated carbocycles. The molecular formula is C23H35F2NO2. The van der Waals surface area contributed by atoms with Gasteiger partial charge in [-0.15, -0.1) is 0 Å². The number of hydrogen-bond donors (Lipinski definition) is 1. The molecule has 2 fully saturated rings. The van der Waals surface area contributed by atoms with Crippen LogP contribution in [0.1, 0.15) is 76.7 Å². The van der Waals surface area contributed by atoms with Gasteiger partial charge in [0.25, 0.3) is 0 Å². The fourth-order valence-corrected chi connectivity index (χ4v) is 5.01. The first-order valence-electron chi connectivity index (χ1n) is 10.9. The molecule has 2 aliphatic rings. The lowest BCUT2D eigenvalue weighted by atomic mass is 9.72. The summed E-state index contributed by atoms with van der Waals surface area (Å²) in [4.78, 5) is 2.47. The summed E-state index contributed by atoms with van der Waals surface area (Å²) in [5, 5.41) is 11.5. The van der Waals surface area contributed by atoms with Crippen molar-refractivity contribution >= 4 is 0 Å². The van der Waals surface area contributed by atoms with Gasteiger partial charge in [0, 0.05) is 25.9 Å². The molecule has 1 aliphatic carbocycles. The average molecular weight is 396 g/mol. The largest absolute Gasteiger partial charge is 0.433 e. The second-order valence-corrected chi connectivity index (χ2v) is 8.88. The van der Waals surface area contributed by atoms with Crippen molar-refractivity contribution in [3.63, 3.8) is 0 Å². The molecular weight excluding hydrogens is 360 g/mol. The lowest BCUT2D eigenvalue weighted by Crippen LogP contribution is -2.46. The van der Waals surface area contributed by atoms with Gasteiger partial charge in [0.2, 0.25) is 0 Å². The van der Waals surface area contributed by atoms with Crippen molar-refractivity contribution in [3.8, 4) is 5.75 Å². The van der Waals surface area contributed by atoms with Crippen LogP contribution in [0.15, 0.2) is 24.3 Å². The molecule has 0 bridgehead atoms. The number of hydrogen-bond acceptors (Lipinski definition) is 3. The number of halogens is 2. The minimum Gasteiger partial charge on any atom is -0.433 e. The van der Waals surface area contributed by atoms with Gasteiger partial charge in [-0.05, 0) is 55.8 Å². The molecule has 0 radical (unpaired) electrons. The van der Waals surface area contributed by atoms with Crippen molar-refractivity contribution in [2.24, 2.45) is 5.92 Å². The van der Waals surface area contributed by atoms with Crippen molar-refractivity contribution < 1.29 is 18.6 Å². The Morgan fingerprint density at radius 1 is 1.25 bits per heavy atom. The van der Waals surface area contributed by atoms with Crippen LogP contribution >= 0.6 is 0 Å². The van der Waals surface area contributed by atoms with Crippen LogP contribution in [0.4, 0.5) is 8.78 Å². The van der Waals surface area contributed by atoms with Gasteiger partial charge in [-0.1, -0.05) is 44.7 Å². The molecule has 1 unspecified atom stereocenters. The van der Waals surface area contributed by atoms with Gasteiger partial charge in [0.15, 0.2) is 0 Å². The van der Waals surface area contributed by atoms with Crippen LogP contribution < -0.4 is 4.74 Å². The Balaban J connectivity index is 1.85. The van der Waals surface area contributed by atoms with Gasteiger partial charge in [0.05, 0.1) is 5.60 Å². The van der Waals surface area contributed by atoms with Crippen LogP contribution in [0, 0.1) is 5.92 Å². The van der Waals surface area contributed by atoms with Crippen LogP contribution in [0.2, 0.25) is 0 Å². The number of nitrogens with zero attached hydrogens (tertiary/aromatic N) is 1. The van der Waals surface area contributed by atoms with Crippen molar-refractivity contribution in [2.75, 3.05) is 19.6 Å². The van der Waals surface area contributed by atoms with Crippen molar-refractivity contribution in [1.82, 2.24) is 4.90 Å². The van der Waals surface area contributed by atoms with Crippen molar-refractivity contribution in [1.29, 1.82) is 0 Å². The van der Waals surface area contributed by atoms with E-state index in [4.69, 9.17) is 4.74 Å². The lowest BCUT2D eigenvalue weighted by Gasteiger charge is -2.43. The average Bonchev–Trinajstić information content (AvgIpc) is 2.65. The molecule has 158 valence electrons. The fourth-order valence-electron chi connectivity index (χ4n) is 5.01. The van der Waals surface area contributed by atoms with E-state index < -0.39 is 11.7 Å². The van der Waals surface area contributed by atoms with Crippen LogP contribution in [0.5, 0.6) is 5.75 Å². The second kappa shape index (κ2) is 9.08. The van der Waals surface area contributed by atoms with Gasteiger partial charge < -0.3 is 14.7 Å². The Hall–Kier alpha value is -1.20. The Labute approximate surface area is 168 Å². The van der Waals surface area contributed by atoms with Crippen LogP contribution in [-0.4, -0.2) is 41.4 Å². The van der Waals surface area contributed by atoms with Crippen molar-refractivity contribution in [3.05, 3.63) is 29.8 Å². The van der Waals surface area contributed by atoms with E-state index in [0.717, 1.165) is 64.2 Å². The summed E-state index contributed by atoms with van der Waals surface area (Å²) in [6.07, 6.45) is 5.18. The monoisotopic (exact) mass is 395 g/mol. The van der Waals surface area contributed by atoms with E-state index >= 15 is 0 Å². The molecule has 5 heteroatoms. The lowest BCUT2D eigenvalue weighted by molar-refractivity contribution is -0.159. The van der Waals surface area contributed by atoms with Gasteiger partial charge in [-0.3, -0.25) is 0 Å². The first kappa shape index (κ1) is 21.5. The first-order valence-corrected chi connectivity index (χ1v) is 10.9. The van der Waals surface area contributed by atoms with E-state index in [-0.39, 0.29) is 11.7 Å². The van der Waals surface area contributed by atoms with Crippen LogP contribution in [0.25, 0.3) is 0 Å². The van der Waals surface area contributed by atoms with E-state index in [1.54, 1.807) is 18.2 Å². The molecule has 2 atom stereocenters. The predicted molar refractivity (Wildman–Crippen MR) is 108 cm³/mol. The highest BCUT2D eigenvalue weighted by Gasteiger charge is 2.40. The van der Waals surface area contributed by atoms with Gasteiger partial charge in [-0.2, -0.15) is 8.78 Å². The van der Waals surface area contributed by atoms with Gasteiger partial charge in [0.1, 0.15) is 5.75 Å². The standard InChI is InChI=1S/C23H35F2NO2/c1-3-18-9-8-14-26(16-18)17-21(23(27)12-5-4-6-13-23)19-10-7-11-20(15-19)28-22(2,24)25/h7,10-11,15,18,21,27H,3-6,8-9,12-14,16-17H2,1-2H3/t18-,21?/m1/s1. The SMILES string of the molecule is CC[C@@H]1CCCN(CC(c2cccc(OC(C)(F)F)c2)C2(O)CCCCC2)C1. The zero-order valence-electron chi connectivity index (χ0n) is 17.3. The summed E-state index contributed by atoms with van der Waals surface area (Å²) in [7, 11) is 0. The molecule has 1 heterocycles. The molecule has 3 nitrogen and oxygen atoms in total. The molecule has 0 amide bonds. The second-order valence-electron chi connectivity index (χ2n) is 8.88. The number of alkyl halides is 2. The number of likely N-dealkylation sites (tertiary alicyclic amines) is 1. The molecule has 1 aromatic carbocycles. The minimum absolute atomic E-state index is 0.0857. The number of ether oxygens (including phenoxy) is 1. The van der Waals surface area contributed by atoms with Crippen molar-refractivity contribution in [2.45, 2.75) is 82.8 Å². The Bertz CT molecular complexity index is 625. The Morgan fingerprint density at radius 2 is 2.00 bits per heavy atom. The van der Waals surface area contributed by atoms with E-state index in [1.165, 1.54) is 19.3 Å². The number of piperidine rings is 1. The fraction of sp³-hybridized carbons (Fsp3) is 0.739. The van der Waals surface area contributed by atoms with E-state index in [9.17, 15) is 13.9 Å². The molecule has 0 spiro atoms. The third kappa shape index (κ3) is 5.66. The van der Waals surface area contributed by atoms with Gasteiger partial charge in [-0.25, -0.2) is 0 Å². The van der Waals surface area contributed by atoms with Crippen LogP contribution in [-0.2, 0) is 0 Å². The summed E-state index contributed by atoms with van der Waals surface area (Å²) < 4.78 is 31.5. The summed E-state index contributed by atoms with van der Waals surface area (Å²) >= 11 is 0. The number of benzene rings is 1. The van der Waals surface area contributed by atoms with Gasteiger partial charge >= 0.3 is 6.11 Å². The maximum atomic E-state index is 13.3. The third-order valence-electron chi connectivity index (χ3n) is 6.55. The molecule has 28 heavy (non-hydrogen) atoms. The molecule has 1 aliphatic heterocycles. The van der Waals surface area contributed by atoms with E-state index in [2.05, 4.69) is 11.8 Å². The number of rotatable bonds is 7. The predicted octanol–water partition coefficient (Wildman–Crippen LogP) is 5.58. The third-order valence-corrected chi connectivity index (χ3v) is 6.55. The highest BCUT2D eigenvalue weighted by Crippen LogP contribution is 2.42. The molecule has 1 aromatic rings. The Morgan fingerprint density at radius 3 is 2.68 bits per heavy atom. The highest BCUT2D eigenvalue weighted by atomic mass is 19.3. The topological polar surface area (TPSA) is 32.7 Å². The zero-order chi connectivity index (χ0) is 20.2. The van der Waals surface area contributed by atoms with E-state index in [0.29, 0.717) is 5.92 Å². The molecule has 0 aromatic heterocycles. The maximum absolute atomic E-state index is 13.3. The smallest absolute Gasteiger partial charge is 0.394 e. The first-order chi connectivity index (χ1) is 13.3. The van der Waals surface area contributed by atoms with E-state index in [1.807, 2.05) is 6.07 Å². The highest BCUT2D eigenvalue weighted by molar-refractivity contribution is 5.33. The summed E-state index contributed by atoms with van der Waals surface area (Å²) in [6.45, 7) is 5.88. The Kier molecular flexibility index (Phi) is 6.98. The summed E-state index contributed by atoms with van der Waals surface area (Å²) in [5.41, 5.74) is 0.134. The molecule has 1 saturated heterocycles. The molecule has 1 N–H and O–H groups in total. The van der Waals surface area contributed by atoms with Crippen LogP contribution in [0.3, 0.4) is 0 Å². The summed E-state index contributed by atoms with van der Waals surface area (Å²) in [5.74, 6) is 0.792. The zero-order valence-corrected chi connectivity index (χ0v) is 17.3. The quantitative estimate of drug-likeness (QED) is 0.654. The maximum Gasteiger partial charge on any atom is 0.394 e. The molecule has 3 rings (SSSR count).